The average Bonchev–Trinajstić information content (AvgIpc) is 3.06. The molecule has 2 heterocycles. The normalized spacial score (nSPS) is 23.7. The van der Waals surface area contributed by atoms with Crippen molar-refractivity contribution in [1.29, 1.82) is 0 Å². The van der Waals surface area contributed by atoms with Crippen LogP contribution in [0, 0.1) is 18.2 Å². The van der Waals surface area contributed by atoms with E-state index in [9.17, 15) is 14.0 Å². The first-order valence-electron chi connectivity index (χ1n) is 10.0. The second kappa shape index (κ2) is 7.05. The molecule has 3 aliphatic rings. The molecule has 31 heavy (non-hydrogen) atoms. The van der Waals surface area contributed by atoms with Crippen LogP contribution in [0.4, 0.5) is 4.39 Å². The van der Waals surface area contributed by atoms with E-state index in [1.807, 2.05) is 13.0 Å². The Labute approximate surface area is 182 Å². The number of furan rings is 1. The van der Waals surface area contributed by atoms with E-state index in [1.54, 1.807) is 12.5 Å². The van der Waals surface area contributed by atoms with E-state index in [4.69, 9.17) is 20.8 Å². The summed E-state index contributed by atoms with van der Waals surface area (Å²) in [6, 6.07) is 5.88. The van der Waals surface area contributed by atoms with E-state index in [0.29, 0.717) is 17.7 Å². The smallest absolute Gasteiger partial charge is 0.258 e. The first kappa shape index (κ1) is 20.0. The summed E-state index contributed by atoms with van der Waals surface area (Å²) < 4.78 is 24.1. The number of benzene rings is 1. The number of Topliss-reactive ketones (excluding diaryl/α,β-unsaturated/α-hetero) is 1. The summed E-state index contributed by atoms with van der Waals surface area (Å²) >= 11 is 5.64. The Morgan fingerprint density at radius 3 is 2.81 bits per heavy atom. The number of pyridine rings is 1. The molecule has 8 heteroatoms. The molecule has 1 aromatic carbocycles. The molecule has 160 valence electrons. The zero-order valence-corrected chi connectivity index (χ0v) is 17.6. The van der Waals surface area contributed by atoms with E-state index in [-0.39, 0.29) is 40.0 Å². The molecule has 1 amide bonds. The van der Waals surface area contributed by atoms with Crippen molar-refractivity contribution in [3.8, 4) is 5.75 Å². The number of hydrogen-bond donors (Lipinski definition) is 1. The van der Waals surface area contributed by atoms with Gasteiger partial charge >= 0.3 is 0 Å². The van der Waals surface area contributed by atoms with Crippen LogP contribution in [-0.2, 0) is 4.79 Å². The van der Waals surface area contributed by atoms with Gasteiger partial charge in [0.05, 0.1) is 11.3 Å². The van der Waals surface area contributed by atoms with Crippen LogP contribution in [0.3, 0.4) is 0 Å². The summed E-state index contributed by atoms with van der Waals surface area (Å²) in [6.07, 6.45) is 5.95. The maximum atomic E-state index is 13.4. The lowest BCUT2D eigenvalue weighted by Crippen LogP contribution is -2.75. The van der Waals surface area contributed by atoms with Gasteiger partial charge in [-0.3, -0.25) is 9.59 Å². The molecule has 6 rings (SSSR count). The Bertz CT molecular complexity index is 1200. The Kier molecular flexibility index (Phi) is 4.55. The van der Waals surface area contributed by atoms with E-state index in [1.165, 1.54) is 12.1 Å². The summed E-state index contributed by atoms with van der Waals surface area (Å²) in [5.41, 5.74) is 1.77. The van der Waals surface area contributed by atoms with Crippen molar-refractivity contribution in [2.75, 3.05) is 6.61 Å². The number of ether oxygens (including phenoxy) is 1. The first-order chi connectivity index (χ1) is 14.8. The van der Waals surface area contributed by atoms with E-state index in [0.717, 1.165) is 36.3 Å². The minimum atomic E-state index is -0.595. The van der Waals surface area contributed by atoms with E-state index in [2.05, 4.69) is 10.3 Å². The molecule has 3 fully saturated rings. The molecule has 0 saturated heterocycles. The Balaban J connectivity index is 1.13. The van der Waals surface area contributed by atoms with Crippen LogP contribution in [0.1, 0.15) is 41.6 Å². The molecule has 3 aromatic rings. The number of aryl methyl sites for hydroxylation is 1. The molecule has 0 spiro atoms. The van der Waals surface area contributed by atoms with Gasteiger partial charge < -0.3 is 14.5 Å². The Hall–Kier alpha value is -2.93. The minimum absolute atomic E-state index is 0.00103. The molecule has 1 N–H and O–H groups in total. The second-order valence-electron chi connectivity index (χ2n) is 8.82. The number of ketones is 1. The molecular formula is C23H20ClFN2O4. The van der Waals surface area contributed by atoms with Gasteiger partial charge in [-0.05, 0) is 55.4 Å². The Morgan fingerprint density at radius 2 is 2.06 bits per heavy atom. The quantitative estimate of drug-likeness (QED) is 0.540. The third-order valence-corrected chi connectivity index (χ3v) is 6.59. The maximum Gasteiger partial charge on any atom is 0.258 e. The van der Waals surface area contributed by atoms with Crippen LogP contribution >= 0.6 is 11.6 Å². The SMILES string of the molecule is Cc1coc2ncc(C(=O)CC34CC(NC(=O)COc5ccc(Cl)c(F)c5)(C3)C4)cc12. The zero-order chi connectivity index (χ0) is 21.8. The van der Waals surface area contributed by atoms with Gasteiger partial charge in [-0.15, -0.1) is 0 Å². The van der Waals surface area contributed by atoms with Gasteiger partial charge in [-0.25, -0.2) is 9.37 Å². The fraction of sp³-hybridized carbons (Fsp3) is 0.348. The third-order valence-electron chi connectivity index (χ3n) is 6.29. The fourth-order valence-electron chi connectivity index (χ4n) is 5.00. The predicted molar refractivity (Wildman–Crippen MR) is 112 cm³/mol. The van der Waals surface area contributed by atoms with Crippen LogP contribution in [0.25, 0.3) is 11.1 Å². The van der Waals surface area contributed by atoms with Crippen LogP contribution in [-0.4, -0.2) is 28.8 Å². The third kappa shape index (κ3) is 3.57. The molecule has 0 unspecified atom stereocenters. The topological polar surface area (TPSA) is 81.4 Å². The van der Waals surface area contributed by atoms with Crippen LogP contribution < -0.4 is 10.1 Å². The first-order valence-corrected chi connectivity index (χ1v) is 10.4. The van der Waals surface area contributed by atoms with Crippen molar-refractivity contribution in [2.24, 2.45) is 5.41 Å². The summed E-state index contributed by atoms with van der Waals surface area (Å²) in [6.45, 7) is 1.72. The van der Waals surface area contributed by atoms with Gasteiger partial charge in [0.2, 0.25) is 5.71 Å². The van der Waals surface area contributed by atoms with Crippen LogP contribution in [0.15, 0.2) is 41.1 Å². The predicted octanol–water partition coefficient (Wildman–Crippen LogP) is 4.62. The molecule has 0 atom stereocenters. The zero-order valence-electron chi connectivity index (χ0n) is 16.8. The molecular weight excluding hydrogens is 423 g/mol. The van der Waals surface area contributed by atoms with E-state index >= 15 is 0 Å². The number of rotatable bonds is 7. The van der Waals surface area contributed by atoms with Crippen molar-refractivity contribution in [1.82, 2.24) is 10.3 Å². The summed E-state index contributed by atoms with van der Waals surface area (Å²) in [7, 11) is 0. The highest BCUT2D eigenvalue weighted by Crippen LogP contribution is 2.69. The van der Waals surface area contributed by atoms with Crippen molar-refractivity contribution >= 4 is 34.4 Å². The number of carbonyl (C=O) groups is 2. The second-order valence-corrected chi connectivity index (χ2v) is 9.23. The molecule has 2 aromatic heterocycles. The minimum Gasteiger partial charge on any atom is -0.484 e. The highest BCUT2D eigenvalue weighted by Gasteiger charge is 2.68. The maximum absolute atomic E-state index is 13.4. The molecule has 0 radical (unpaired) electrons. The van der Waals surface area contributed by atoms with Gasteiger partial charge in [0.1, 0.15) is 11.6 Å². The molecule has 0 aliphatic heterocycles. The molecule has 2 bridgehead atoms. The molecule has 3 aliphatic carbocycles. The fourth-order valence-corrected chi connectivity index (χ4v) is 5.11. The van der Waals surface area contributed by atoms with E-state index < -0.39 is 5.82 Å². The number of nitrogens with one attached hydrogen (secondary N) is 1. The van der Waals surface area contributed by atoms with Crippen molar-refractivity contribution in [2.45, 2.75) is 38.1 Å². The lowest BCUT2D eigenvalue weighted by Gasteiger charge is -2.70. The van der Waals surface area contributed by atoms with Gasteiger partial charge in [0.15, 0.2) is 12.4 Å². The van der Waals surface area contributed by atoms with Crippen molar-refractivity contribution in [3.05, 3.63) is 58.7 Å². The largest absolute Gasteiger partial charge is 0.484 e. The summed E-state index contributed by atoms with van der Waals surface area (Å²) in [5, 5.41) is 3.86. The number of amides is 1. The van der Waals surface area contributed by atoms with Gasteiger partial charge in [0, 0.05) is 35.2 Å². The monoisotopic (exact) mass is 442 g/mol. The van der Waals surface area contributed by atoms with Gasteiger partial charge in [-0.2, -0.15) is 0 Å². The Morgan fingerprint density at radius 1 is 1.29 bits per heavy atom. The lowest BCUT2D eigenvalue weighted by atomic mass is 9.38. The van der Waals surface area contributed by atoms with Gasteiger partial charge in [0.25, 0.3) is 5.91 Å². The highest BCUT2D eigenvalue weighted by molar-refractivity contribution is 6.30. The standard InChI is InChI=1S/C23H20ClFN2O4/c1-13-8-31-21-16(13)4-14(7-26-21)19(28)6-22-10-23(11-22,12-22)27-20(29)9-30-15-2-3-17(24)18(25)5-15/h2-5,7-8H,6,9-12H2,1H3,(H,27,29). The number of halogens is 2. The number of nitrogens with zero attached hydrogens (tertiary/aromatic N) is 1. The number of carbonyl (C=O) groups excluding carboxylic acids is 2. The highest BCUT2D eigenvalue weighted by atomic mass is 35.5. The number of aromatic nitrogens is 1. The van der Waals surface area contributed by atoms with Crippen LogP contribution in [0.5, 0.6) is 5.75 Å². The molecule has 6 nitrogen and oxygen atoms in total. The average molecular weight is 443 g/mol. The number of fused-ring (bicyclic) bond motifs is 1. The van der Waals surface area contributed by atoms with Crippen LogP contribution in [0.2, 0.25) is 5.02 Å². The molecule has 3 saturated carbocycles. The van der Waals surface area contributed by atoms with Crippen molar-refractivity contribution < 1.29 is 23.1 Å². The van der Waals surface area contributed by atoms with Crippen molar-refractivity contribution in [3.63, 3.8) is 0 Å². The summed E-state index contributed by atoms with van der Waals surface area (Å²) in [5.74, 6) is -0.555. The van der Waals surface area contributed by atoms with Gasteiger partial charge in [-0.1, -0.05) is 11.6 Å². The summed E-state index contributed by atoms with van der Waals surface area (Å²) in [4.78, 5) is 29.2. The number of hydrogen-bond acceptors (Lipinski definition) is 5. The lowest BCUT2D eigenvalue weighted by molar-refractivity contribution is -0.164.